The van der Waals surface area contributed by atoms with Gasteiger partial charge in [-0.05, 0) is 61.2 Å². The number of ether oxygens (including phenoxy) is 1. The van der Waals surface area contributed by atoms with Crippen molar-refractivity contribution in [3.63, 3.8) is 0 Å². The number of hydrogen-bond donors (Lipinski definition) is 1. The number of carbonyl (C=O) groups is 2. The summed E-state index contributed by atoms with van der Waals surface area (Å²) >= 11 is 1.09. The third-order valence-corrected chi connectivity index (χ3v) is 5.27. The van der Waals surface area contributed by atoms with Gasteiger partial charge in [-0.3, -0.25) is 15.1 Å². The molecule has 0 radical (unpaired) electrons. The van der Waals surface area contributed by atoms with Gasteiger partial charge in [0.25, 0.3) is 5.91 Å². The fraction of sp³-hybridized carbons (Fsp3) is 0.0909. The zero-order chi connectivity index (χ0) is 21.1. The molecule has 1 aliphatic heterocycles. The highest BCUT2D eigenvalue weighted by Gasteiger charge is 2.33. The maximum Gasteiger partial charge on any atom is 0.338 e. The molecule has 4 rings (SSSR count). The molecule has 1 aliphatic rings. The predicted molar refractivity (Wildman–Crippen MR) is 117 cm³/mol. The van der Waals surface area contributed by atoms with Gasteiger partial charge in [0.15, 0.2) is 5.17 Å². The van der Waals surface area contributed by atoms with Gasteiger partial charge in [-0.2, -0.15) is 5.10 Å². The highest BCUT2D eigenvalue weighted by Crippen LogP contribution is 2.35. The summed E-state index contributed by atoms with van der Waals surface area (Å²) in [6.45, 7) is 2.03. The van der Waals surface area contributed by atoms with Crippen LogP contribution in [0.5, 0.6) is 0 Å². The first kappa shape index (κ1) is 19.7. The molecular weight excluding hydrogens is 400 g/mol. The zero-order valence-corrected chi connectivity index (χ0v) is 16.9. The van der Waals surface area contributed by atoms with E-state index in [1.807, 2.05) is 36.5 Å². The molecule has 1 amide bonds. The van der Waals surface area contributed by atoms with E-state index in [1.54, 1.807) is 48.1 Å². The monoisotopic (exact) mass is 418 g/mol. The summed E-state index contributed by atoms with van der Waals surface area (Å²) in [7, 11) is 0. The van der Waals surface area contributed by atoms with Gasteiger partial charge in [0.05, 0.1) is 34.6 Å². The van der Waals surface area contributed by atoms with Crippen LogP contribution in [0.3, 0.4) is 0 Å². The predicted octanol–water partition coefficient (Wildman–Crippen LogP) is 4.10. The molecule has 1 fully saturated rings. The van der Waals surface area contributed by atoms with E-state index in [1.165, 1.54) is 4.90 Å². The molecule has 1 saturated heterocycles. The molecule has 2 aromatic carbocycles. The van der Waals surface area contributed by atoms with Gasteiger partial charge >= 0.3 is 5.97 Å². The fourth-order valence-electron chi connectivity index (χ4n) is 2.97. The fourth-order valence-corrected chi connectivity index (χ4v) is 3.83. The van der Waals surface area contributed by atoms with Crippen LogP contribution in [0.1, 0.15) is 22.8 Å². The molecular formula is C22H18N4O3S. The molecule has 1 N–H and O–H groups in total. The Hall–Kier alpha value is -3.65. The molecule has 7 nitrogen and oxygen atoms in total. The summed E-state index contributed by atoms with van der Waals surface area (Å²) in [4.78, 5) is 26.4. The van der Waals surface area contributed by atoms with Crippen LogP contribution in [-0.4, -0.2) is 33.4 Å². The second-order valence-corrected chi connectivity index (χ2v) is 7.41. The number of thioether (sulfide) groups is 1. The SMILES string of the molecule is CCOC(=O)c1ccc(N2C(=N)S/C(=C\c3cnn(-c4ccccc4)c3)C2=O)cc1. The first-order valence-corrected chi connectivity index (χ1v) is 10.1. The smallest absolute Gasteiger partial charge is 0.338 e. The number of nitrogens with one attached hydrogen (secondary N) is 1. The summed E-state index contributed by atoms with van der Waals surface area (Å²) in [5.41, 5.74) is 2.61. The Morgan fingerprint density at radius 3 is 2.57 bits per heavy atom. The Balaban J connectivity index is 1.54. The highest BCUT2D eigenvalue weighted by atomic mass is 32.2. The average molecular weight is 418 g/mol. The lowest BCUT2D eigenvalue weighted by Crippen LogP contribution is -2.28. The van der Waals surface area contributed by atoms with Crippen molar-refractivity contribution in [2.24, 2.45) is 0 Å². The zero-order valence-electron chi connectivity index (χ0n) is 16.1. The lowest BCUT2D eigenvalue weighted by molar-refractivity contribution is -0.113. The summed E-state index contributed by atoms with van der Waals surface area (Å²) < 4.78 is 6.70. The third kappa shape index (κ3) is 3.90. The molecule has 3 aromatic rings. The molecule has 8 heteroatoms. The second-order valence-electron chi connectivity index (χ2n) is 6.38. The van der Waals surface area contributed by atoms with Gasteiger partial charge < -0.3 is 4.74 Å². The number of hydrogen-bond acceptors (Lipinski definition) is 6. The van der Waals surface area contributed by atoms with Crippen LogP contribution < -0.4 is 4.90 Å². The second kappa shape index (κ2) is 8.38. The maximum atomic E-state index is 12.9. The summed E-state index contributed by atoms with van der Waals surface area (Å²) in [5.74, 6) is -0.710. The Bertz CT molecular complexity index is 1140. The van der Waals surface area contributed by atoms with Crippen molar-refractivity contribution in [1.82, 2.24) is 9.78 Å². The third-order valence-electron chi connectivity index (χ3n) is 4.38. The molecule has 0 unspecified atom stereocenters. The maximum absolute atomic E-state index is 12.9. The quantitative estimate of drug-likeness (QED) is 0.498. The van der Waals surface area contributed by atoms with Crippen LogP contribution in [0.2, 0.25) is 0 Å². The molecule has 1 aromatic heterocycles. The van der Waals surface area contributed by atoms with Gasteiger partial charge in [0.1, 0.15) is 0 Å². The van der Waals surface area contributed by atoms with E-state index in [0.717, 1.165) is 23.0 Å². The van der Waals surface area contributed by atoms with E-state index in [-0.39, 0.29) is 11.1 Å². The van der Waals surface area contributed by atoms with Gasteiger partial charge in [-0.1, -0.05) is 18.2 Å². The number of esters is 1. The van der Waals surface area contributed by atoms with Gasteiger partial charge in [0.2, 0.25) is 0 Å². The number of amidine groups is 1. The molecule has 0 saturated carbocycles. The van der Waals surface area contributed by atoms with Crippen molar-refractivity contribution in [2.75, 3.05) is 11.5 Å². The normalized spacial score (nSPS) is 15.1. The van der Waals surface area contributed by atoms with Gasteiger partial charge in [-0.25, -0.2) is 9.48 Å². The van der Waals surface area contributed by atoms with E-state index >= 15 is 0 Å². The van der Waals surface area contributed by atoms with Crippen LogP contribution in [-0.2, 0) is 9.53 Å². The number of carbonyl (C=O) groups excluding carboxylic acids is 2. The summed E-state index contributed by atoms with van der Waals surface area (Å²) in [6, 6.07) is 16.1. The molecule has 0 bridgehead atoms. The number of nitrogens with zero attached hydrogens (tertiary/aromatic N) is 3. The molecule has 0 spiro atoms. The Morgan fingerprint density at radius 1 is 1.13 bits per heavy atom. The van der Waals surface area contributed by atoms with Crippen molar-refractivity contribution in [3.05, 3.63) is 83.0 Å². The minimum absolute atomic E-state index is 0.102. The molecule has 150 valence electrons. The van der Waals surface area contributed by atoms with Gasteiger partial charge in [-0.15, -0.1) is 0 Å². The number of rotatable bonds is 5. The highest BCUT2D eigenvalue weighted by molar-refractivity contribution is 8.19. The minimum atomic E-state index is -0.419. The average Bonchev–Trinajstić information content (AvgIpc) is 3.33. The number of para-hydroxylation sites is 1. The molecule has 0 atom stereocenters. The van der Waals surface area contributed by atoms with Crippen molar-refractivity contribution in [3.8, 4) is 5.69 Å². The Kier molecular flexibility index (Phi) is 5.49. The van der Waals surface area contributed by atoms with Gasteiger partial charge in [0, 0.05) is 11.8 Å². The lowest BCUT2D eigenvalue weighted by Gasteiger charge is -2.14. The standard InChI is InChI=1S/C22H18N4O3S/c1-2-29-21(28)16-8-10-18(11-9-16)26-20(27)19(30-22(26)23)12-15-13-24-25(14-15)17-6-4-3-5-7-17/h3-14,23H,2H2,1H3/b19-12-,23-22?. The van der Waals surface area contributed by atoms with Crippen LogP contribution in [0, 0.1) is 5.41 Å². The number of benzene rings is 2. The minimum Gasteiger partial charge on any atom is -0.462 e. The van der Waals surface area contributed by atoms with E-state index < -0.39 is 5.97 Å². The Morgan fingerprint density at radius 2 is 1.87 bits per heavy atom. The number of anilines is 1. The lowest BCUT2D eigenvalue weighted by atomic mass is 10.2. The van der Waals surface area contributed by atoms with E-state index in [4.69, 9.17) is 10.1 Å². The molecule has 2 heterocycles. The van der Waals surface area contributed by atoms with Crippen LogP contribution in [0.15, 0.2) is 71.9 Å². The van der Waals surface area contributed by atoms with Crippen LogP contribution in [0.4, 0.5) is 5.69 Å². The number of amides is 1. The van der Waals surface area contributed by atoms with E-state index in [9.17, 15) is 9.59 Å². The van der Waals surface area contributed by atoms with Crippen LogP contribution in [0.25, 0.3) is 11.8 Å². The molecule has 0 aliphatic carbocycles. The molecule has 30 heavy (non-hydrogen) atoms. The van der Waals surface area contributed by atoms with E-state index in [2.05, 4.69) is 5.10 Å². The summed E-state index contributed by atoms with van der Waals surface area (Å²) in [5, 5.41) is 12.7. The first-order valence-electron chi connectivity index (χ1n) is 9.26. The van der Waals surface area contributed by atoms with Crippen molar-refractivity contribution >= 4 is 40.6 Å². The van der Waals surface area contributed by atoms with E-state index in [0.29, 0.717) is 22.8 Å². The van der Waals surface area contributed by atoms with Crippen molar-refractivity contribution < 1.29 is 14.3 Å². The van der Waals surface area contributed by atoms with Crippen molar-refractivity contribution in [2.45, 2.75) is 6.92 Å². The largest absolute Gasteiger partial charge is 0.462 e. The first-order chi connectivity index (χ1) is 14.6. The van der Waals surface area contributed by atoms with Crippen LogP contribution >= 0.6 is 11.8 Å². The summed E-state index contributed by atoms with van der Waals surface area (Å²) in [6.07, 6.45) is 5.23. The Labute approximate surface area is 177 Å². The van der Waals surface area contributed by atoms with Crippen molar-refractivity contribution in [1.29, 1.82) is 5.41 Å². The topological polar surface area (TPSA) is 88.3 Å². The number of aromatic nitrogens is 2.